The topological polar surface area (TPSA) is 113 Å². The second-order valence-electron chi connectivity index (χ2n) is 6.51. The number of nitrogens with zero attached hydrogens (tertiary/aromatic N) is 4. The SMILES string of the molecule is Cc1cccc2c(N=NC(=O)[C@H](C)n3cnc4ccccc4c3=O)c(O)[nH]c12. The molecular weight excluding hydrogens is 358 g/mol. The van der Waals surface area contributed by atoms with E-state index >= 15 is 0 Å². The van der Waals surface area contributed by atoms with Crippen molar-refractivity contribution < 1.29 is 9.90 Å². The van der Waals surface area contributed by atoms with Crippen LogP contribution in [0.5, 0.6) is 5.88 Å². The van der Waals surface area contributed by atoms with E-state index in [1.54, 1.807) is 37.3 Å². The first-order valence-electron chi connectivity index (χ1n) is 8.69. The molecule has 0 radical (unpaired) electrons. The maximum atomic E-state index is 12.6. The molecule has 140 valence electrons. The van der Waals surface area contributed by atoms with Gasteiger partial charge < -0.3 is 10.1 Å². The highest BCUT2D eigenvalue weighted by Gasteiger charge is 2.18. The molecule has 2 N–H and O–H groups in total. The van der Waals surface area contributed by atoms with Gasteiger partial charge in [0.05, 0.1) is 22.7 Å². The summed E-state index contributed by atoms with van der Waals surface area (Å²) < 4.78 is 1.23. The molecule has 1 atom stereocenters. The molecule has 2 aromatic heterocycles. The van der Waals surface area contributed by atoms with E-state index in [0.717, 1.165) is 11.1 Å². The predicted octanol–water partition coefficient (Wildman–Crippen LogP) is 3.76. The Kier molecular flexibility index (Phi) is 4.23. The van der Waals surface area contributed by atoms with Gasteiger partial charge in [-0.05, 0) is 31.5 Å². The number of azo groups is 1. The molecule has 0 aliphatic carbocycles. The number of rotatable bonds is 3. The summed E-state index contributed by atoms with van der Waals surface area (Å²) >= 11 is 0. The Labute approximate surface area is 159 Å². The van der Waals surface area contributed by atoms with Gasteiger partial charge in [0.1, 0.15) is 6.04 Å². The Balaban J connectivity index is 1.68. The summed E-state index contributed by atoms with van der Waals surface area (Å²) in [5.74, 6) is -0.793. The molecule has 0 aliphatic rings. The lowest BCUT2D eigenvalue weighted by molar-refractivity contribution is -0.121. The van der Waals surface area contributed by atoms with Gasteiger partial charge in [-0.1, -0.05) is 30.3 Å². The zero-order chi connectivity index (χ0) is 19.8. The summed E-state index contributed by atoms with van der Waals surface area (Å²) in [5, 5.41) is 18.8. The first kappa shape index (κ1) is 17.6. The number of amides is 1. The second kappa shape index (κ2) is 6.73. The normalized spacial score (nSPS) is 12.8. The number of aromatic hydroxyl groups is 1. The minimum Gasteiger partial charge on any atom is -0.493 e. The number of carbonyl (C=O) groups excluding carboxylic acids is 1. The quantitative estimate of drug-likeness (QED) is 0.531. The van der Waals surface area contributed by atoms with E-state index in [4.69, 9.17) is 0 Å². The van der Waals surface area contributed by atoms with Gasteiger partial charge >= 0.3 is 0 Å². The predicted molar refractivity (Wildman–Crippen MR) is 105 cm³/mol. The van der Waals surface area contributed by atoms with Crippen molar-refractivity contribution in [2.45, 2.75) is 19.9 Å². The molecule has 0 saturated carbocycles. The number of nitrogens with one attached hydrogen (secondary N) is 1. The van der Waals surface area contributed by atoms with Crippen molar-refractivity contribution in [3.8, 4) is 5.88 Å². The second-order valence-corrected chi connectivity index (χ2v) is 6.51. The van der Waals surface area contributed by atoms with E-state index in [9.17, 15) is 14.7 Å². The standard InChI is InChI=1S/C20H17N5O3/c1-11-6-5-8-14-16(11)22-19(27)17(14)23-24-18(26)12(2)25-10-21-15-9-4-3-7-13(15)20(25)28/h3-10,12,22,27H,1-2H3/t12-/m0/s1. The number of hydrogen-bond acceptors (Lipinski definition) is 5. The molecule has 0 fully saturated rings. The monoisotopic (exact) mass is 375 g/mol. The van der Waals surface area contributed by atoms with E-state index in [1.165, 1.54) is 10.9 Å². The van der Waals surface area contributed by atoms with Crippen LogP contribution in [0.3, 0.4) is 0 Å². The van der Waals surface area contributed by atoms with Gasteiger partial charge in [0, 0.05) is 5.39 Å². The Bertz CT molecular complexity index is 1300. The summed E-state index contributed by atoms with van der Waals surface area (Å²) in [5.41, 5.74) is 2.08. The Morgan fingerprint density at radius 1 is 1.18 bits per heavy atom. The first-order chi connectivity index (χ1) is 13.5. The zero-order valence-electron chi connectivity index (χ0n) is 15.2. The summed E-state index contributed by atoms with van der Waals surface area (Å²) in [6.45, 7) is 3.45. The van der Waals surface area contributed by atoms with Crippen LogP contribution in [-0.2, 0) is 4.79 Å². The maximum Gasteiger partial charge on any atom is 0.287 e. The Hall–Kier alpha value is -3.81. The maximum absolute atomic E-state index is 12.6. The number of benzene rings is 2. The van der Waals surface area contributed by atoms with Crippen LogP contribution < -0.4 is 5.56 Å². The van der Waals surface area contributed by atoms with E-state index < -0.39 is 11.9 Å². The van der Waals surface area contributed by atoms with Crippen LogP contribution in [0.1, 0.15) is 18.5 Å². The lowest BCUT2D eigenvalue weighted by Gasteiger charge is -2.11. The van der Waals surface area contributed by atoms with Crippen LogP contribution in [-0.4, -0.2) is 25.5 Å². The van der Waals surface area contributed by atoms with Crippen molar-refractivity contribution in [3.63, 3.8) is 0 Å². The molecule has 8 nitrogen and oxygen atoms in total. The summed E-state index contributed by atoms with van der Waals surface area (Å²) in [4.78, 5) is 32.2. The van der Waals surface area contributed by atoms with E-state index in [2.05, 4.69) is 20.2 Å². The van der Waals surface area contributed by atoms with Crippen LogP contribution in [0.2, 0.25) is 0 Å². The number of hydrogen-bond donors (Lipinski definition) is 2. The van der Waals surface area contributed by atoms with Crippen LogP contribution in [0.4, 0.5) is 5.69 Å². The molecule has 2 heterocycles. The van der Waals surface area contributed by atoms with Gasteiger partial charge in [-0.3, -0.25) is 14.2 Å². The highest BCUT2D eigenvalue weighted by atomic mass is 16.3. The molecule has 0 saturated heterocycles. The van der Waals surface area contributed by atoms with Gasteiger partial charge in [-0.2, -0.15) is 0 Å². The van der Waals surface area contributed by atoms with Crippen molar-refractivity contribution in [2.75, 3.05) is 0 Å². The number of carbonyl (C=O) groups is 1. The Morgan fingerprint density at radius 3 is 2.75 bits per heavy atom. The third kappa shape index (κ3) is 2.84. The fourth-order valence-corrected chi connectivity index (χ4v) is 3.10. The number of aromatic amines is 1. The van der Waals surface area contributed by atoms with Crippen molar-refractivity contribution in [1.82, 2.24) is 14.5 Å². The van der Waals surface area contributed by atoms with Gasteiger partial charge in [-0.25, -0.2) is 4.98 Å². The van der Waals surface area contributed by atoms with Crippen LogP contribution in [0.25, 0.3) is 21.8 Å². The van der Waals surface area contributed by atoms with E-state index in [1.807, 2.05) is 19.1 Å². The molecule has 2 aromatic carbocycles. The largest absolute Gasteiger partial charge is 0.493 e. The molecule has 0 bridgehead atoms. The molecule has 8 heteroatoms. The Morgan fingerprint density at radius 2 is 1.93 bits per heavy atom. The lowest BCUT2D eigenvalue weighted by Crippen LogP contribution is -2.27. The first-order valence-corrected chi connectivity index (χ1v) is 8.69. The van der Waals surface area contributed by atoms with E-state index in [0.29, 0.717) is 16.3 Å². The highest BCUT2D eigenvalue weighted by Crippen LogP contribution is 2.36. The lowest BCUT2D eigenvalue weighted by atomic mass is 10.1. The summed E-state index contributed by atoms with van der Waals surface area (Å²) in [6.07, 6.45) is 1.33. The van der Waals surface area contributed by atoms with Crippen molar-refractivity contribution in [1.29, 1.82) is 0 Å². The molecule has 28 heavy (non-hydrogen) atoms. The van der Waals surface area contributed by atoms with Crippen molar-refractivity contribution >= 4 is 33.4 Å². The third-order valence-electron chi connectivity index (χ3n) is 4.71. The third-order valence-corrected chi connectivity index (χ3v) is 4.71. The average molecular weight is 375 g/mol. The number of aromatic nitrogens is 3. The van der Waals surface area contributed by atoms with Crippen LogP contribution in [0.15, 0.2) is 63.8 Å². The summed E-state index contributed by atoms with van der Waals surface area (Å²) in [6, 6.07) is 11.5. The molecule has 4 rings (SSSR count). The van der Waals surface area contributed by atoms with Gasteiger partial charge in [-0.15, -0.1) is 10.2 Å². The molecule has 4 aromatic rings. The fourth-order valence-electron chi connectivity index (χ4n) is 3.10. The van der Waals surface area contributed by atoms with Gasteiger partial charge in [0.15, 0.2) is 5.69 Å². The number of aryl methyl sites for hydroxylation is 1. The number of para-hydroxylation sites is 2. The molecule has 0 aliphatic heterocycles. The average Bonchev–Trinajstić information content (AvgIpc) is 3.03. The minimum atomic E-state index is -0.887. The van der Waals surface area contributed by atoms with Crippen LogP contribution in [0, 0.1) is 6.92 Å². The molecule has 0 spiro atoms. The number of fused-ring (bicyclic) bond motifs is 2. The van der Waals surface area contributed by atoms with Gasteiger partial charge in [0.2, 0.25) is 5.88 Å². The van der Waals surface area contributed by atoms with Crippen molar-refractivity contribution in [3.05, 3.63) is 64.7 Å². The fraction of sp³-hybridized carbons (Fsp3) is 0.150. The molecular formula is C20H17N5O3. The minimum absolute atomic E-state index is 0.168. The molecule has 0 unspecified atom stereocenters. The smallest absolute Gasteiger partial charge is 0.287 e. The van der Waals surface area contributed by atoms with Crippen LogP contribution >= 0.6 is 0 Å². The number of H-pyrrole nitrogens is 1. The summed E-state index contributed by atoms with van der Waals surface area (Å²) in [7, 11) is 0. The molecule has 1 amide bonds. The van der Waals surface area contributed by atoms with Gasteiger partial charge in [0.25, 0.3) is 11.5 Å². The zero-order valence-corrected chi connectivity index (χ0v) is 15.2. The van der Waals surface area contributed by atoms with Crippen molar-refractivity contribution in [2.24, 2.45) is 10.2 Å². The van der Waals surface area contributed by atoms with E-state index in [-0.39, 0.29) is 17.1 Å². The highest BCUT2D eigenvalue weighted by molar-refractivity contribution is 5.96.